The molecule has 1 aliphatic rings. The molecule has 84 valence electrons. The van der Waals surface area contributed by atoms with Crippen LogP contribution >= 0.6 is 0 Å². The minimum atomic E-state index is -0.864. The van der Waals surface area contributed by atoms with Crippen LogP contribution in [0.4, 0.5) is 0 Å². The van der Waals surface area contributed by atoms with Gasteiger partial charge in [-0.05, 0) is 48.4 Å². The van der Waals surface area contributed by atoms with Crippen molar-refractivity contribution in [3.8, 4) is 0 Å². The van der Waals surface area contributed by atoms with Crippen molar-refractivity contribution in [3.63, 3.8) is 0 Å². The Labute approximate surface area is 95.6 Å². The van der Waals surface area contributed by atoms with Crippen LogP contribution in [0.2, 0.25) is 0 Å². The molecule has 2 rings (SSSR count). The van der Waals surface area contributed by atoms with Crippen LogP contribution in [0.1, 0.15) is 42.1 Å². The third-order valence-electron chi connectivity index (χ3n) is 3.20. The molecular weight excluding hydrogens is 200 g/mol. The Morgan fingerprint density at radius 1 is 1.31 bits per heavy atom. The summed E-state index contributed by atoms with van der Waals surface area (Å²) in [5.74, 6) is -0.276. The number of allylic oxidation sites excluding steroid dienone is 2. The highest BCUT2D eigenvalue weighted by atomic mass is 16.4. The summed E-state index contributed by atoms with van der Waals surface area (Å²) >= 11 is 0. The van der Waals surface area contributed by atoms with Crippen molar-refractivity contribution in [1.29, 1.82) is 0 Å². The topological polar surface area (TPSA) is 37.3 Å². The molecule has 1 aliphatic carbocycles. The average molecular weight is 216 g/mol. The van der Waals surface area contributed by atoms with Gasteiger partial charge in [-0.1, -0.05) is 25.1 Å². The molecule has 1 atom stereocenters. The fourth-order valence-electron chi connectivity index (χ4n) is 2.25. The van der Waals surface area contributed by atoms with Gasteiger partial charge in [-0.3, -0.25) is 0 Å². The first kappa shape index (κ1) is 10.9. The van der Waals surface area contributed by atoms with E-state index in [4.69, 9.17) is 5.11 Å². The SMILES string of the molecule is CC1CCCC=C1c1ccc(C(=O)O)cc1. The molecule has 0 bridgehead atoms. The molecule has 0 fully saturated rings. The Bertz CT molecular complexity index is 415. The molecule has 1 aromatic carbocycles. The summed E-state index contributed by atoms with van der Waals surface area (Å²) in [6, 6.07) is 7.19. The van der Waals surface area contributed by atoms with E-state index >= 15 is 0 Å². The Kier molecular flexibility index (Phi) is 3.09. The highest BCUT2D eigenvalue weighted by Gasteiger charge is 2.14. The maximum Gasteiger partial charge on any atom is 0.335 e. The van der Waals surface area contributed by atoms with Crippen molar-refractivity contribution in [3.05, 3.63) is 41.5 Å². The van der Waals surface area contributed by atoms with Gasteiger partial charge in [0.1, 0.15) is 0 Å². The van der Waals surface area contributed by atoms with Gasteiger partial charge in [-0.25, -0.2) is 4.79 Å². The molecule has 16 heavy (non-hydrogen) atoms. The van der Waals surface area contributed by atoms with Crippen LogP contribution in [0, 0.1) is 5.92 Å². The molecule has 0 heterocycles. The van der Waals surface area contributed by atoms with Crippen LogP contribution in [0.5, 0.6) is 0 Å². The third kappa shape index (κ3) is 2.16. The number of rotatable bonds is 2. The lowest BCUT2D eigenvalue weighted by Gasteiger charge is -2.20. The second kappa shape index (κ2) is 4.52. The van der Waals surface area contributed by atoms with Crippen LogP contribution in [0.3, 0.4) is 0 Å². The third-order valence-corrected chi connectivity index (χ3v) is 3.20. The van der Waals surface area contributed by atoms with Gasteiger partial charge in [-0.15, -0.1) is 0 Å². The average Bonchev–Trinajstić information content (AvgIpc) is 2.30. The van der Waals surface area contributed by atoms with E-state index < -0.39 is 5.97 Å². The van der Waals surface area contributed by atoms with Gasteiger partial charge in [0.15, 0.2) is 0 Å². The molecule has 0 aromatic heterocycles. The van der Waals surface area contributed by atoms with Gasteiger partial charge in [0.05, 0.1) is 5.56 Å². The first-order valence-corrected chi connectivity index (χ1v) is 5.72. The van der Waals surface area contributed by atoms with Crippen LogP contribution in [-0.4, -0.2) is 11.1 Å². The number of carboxylic acids is 1. The van der Waals surface area contributed by atoms with Crippen molar-refractivity contribution in [1.82, 2.24) is 0 Å². The van der Waals surface area contributed by atoms with E-state index in [0.717, 1.165) is 12.0 Å². The summed E-state index contributed by atoms with van der Waals surface area (Å²) < 4.78 is 0. The number of hydrogen-bond donors (Lipinski definition) is 1. The predicted molar refractivity (Wildman–Crippen MR) is 64.4 cm³/mol. The number of carboxylic acid groups (broad SMARTS) is 1. The molecule has 0 radical (unpaired) electrons. The van der Waals surface area contributed by atoms with Crippen molar-refractivity contribution in [2.45, 2.75) is 26.2 Å². The van der Waals surface area contributed by atoms with Gasteiger partial charge < -0.3 is 5.11 Å². The van der Waals surface area contributed by atoms with E-state index in [1.165, 1.54) is 18.4 Å². The molecule has 2 heteroatoms. The van der Waals surface area contributed by atoms with E-state index in [1.807, 2.05) is 12.1 Å². The monoisotopic (exact) mass is 216 g/mol. The maximum atomic E-state index is 10.7. The normalized spacial score (nSPS) is 20.3. The second-order valence-corrected chi connectivity index (χ2v) is 4.37. The summed E-state index contributed by atoms with van der Waals surface area (Å²) in [7, 11) is 0. The number of carbonyl (C=O) groups is 1. The first-order valence-electron chi connectivity index (χ1n) is 5.72. The fraction of sp³-hybridized carbons (Fsp3) is 0.357. The highest BCUT2D eigenvalue weighted by molar-refractivity contribution is 5.88. The Hall–Kier alpha value is -1.57. The summed E-state index contributed by atoms with van der Waals surface area (Å²) in [6.45, 7) is 2.23. The molecular formula is C14H16O2. The maximum absolute atomic E-state index is 10.7. The summed E-state index contributed by atoms with van der Waals surface area (Å²) in [6.07, 6.45) is 5.91. The van der Waals surface area contributed by atoms with Gasteiger partial charge in [0.2, 0.25) is 0 Å². The van der Waals surface area contributed by atoms with E-state index in [0.29, 0.717) is 11.5 Å². The predicted octanol–water partition coefficient (Wildman–Crippen LogP) is 3.59. The van der Waals surface area contributed by atoms with Gasteiger partial charge in [0, 0.05) is 0 Å². The quantitative estimate of drug-likeness (QED) is 0.820. The molecule has 2 nitrogen and oxygen atoms in total. The minimum Gasteiger partial charge on any atom is -0.478 e. The highest BCUT2D eigenvalue weighted by Crippen LogP contribution is 2.32. The van der Waals surface area contributed by atoms with E-state index in [9.17, 15) is 4.79 Å². The van der Waals surface area contributed by atoms with Crippen LogP contribution in [0.25, 0.3) is 5.57 Å². The standard InChI is InChI=1S/C14H16O2/c1-10-4-2-3-5-13(10)11-6-8-12(9-7-11)14(15)16/h5-10H,2-4H2,1H3,(H,15,16). The molecule has 0 saturated carbocycles. The zero-order valence-corrected chi connectivity index (χ0v) is 9.44. The molecule has 1 aromatic rings. The van der Waals surface area contributed by atoms with Crippen LogP contribution < -0.4 is 0 Å². The molecule has 1 N–H and O–H groups in total. The van der Waals surface area contributed by atoms with E-state index in [1.54, 1.807) is 12.1 Å². The summed E-state index contributed by atoms with van der Waals surface area (Å²) in [5, 5.41) is 8.82. The largest absolute Gasteiger partial charge is 0.478 e. The number of benzene rings is 1. The smallest absolute Gasteiger partial charge is 0.335 e. The van der Waals surface area contributed by atoms with Gasteiger partial charge in [0.25, 0.3) is 0 Å². The molecule has 0 aliphatic heterocycles. The lowest BCUT2D eigenvalue weighted by atomic mass is 9.85. The number of hydrogen-bond acceptors (Lipinski definition) is 1. The van der Waals surface area contributed by atoms with E-state index in [2.05, 4.69) is 13.0 Å². The van der Waals surface area contributed by atoms with Crippen molar-refractivity contribution in [2.24, 2.45) is 5.92 Å². The van der Waals surface area contributed by atoms with E-state index in [-0.39, 0.29) is 0 Å². The summed E-state index contributed by atoms with van der Waals surface area (Å²) in [4.78, 5) is 10.7. The lowest BCUT2D eigenvalue weighted by Crippen LogP contribution is -2.04. The van der Waals surface area contributed by atoms with Crippen LogP contribution in [0.15, 0.2) is 30.3 Å². The molecule has 0 saturated heterocycles. The zero-order chi connectivity index (χ0) is 11.5. The van der Waals surface area contributed by atoms with Crippen molar-refractivity contribution < 1.29 is 9.90 Å². The Balaban J connectivity index is 2.27. The molecule has 1 unspecified atom stereocenters. The first-order chi connectivity index (χ1) is 7.68. The van der Waals surface area contributed by atoms with Gasteiger partial charge >= 0.3 is 5.97 Å². The molecule has 0 amide bonds. The zero-order valence-electron chi connectivity index (χ0n) is 9.44. The van der Waals surface area contributed by atoms with Crippen LogP contribution in [-0.2, 0) is 0 Å². The Morgan fingerprint density at radius 3 is 2.56 bits per heavy atom. The van der Waals surface area contributed by atoms with Gasteiger partial charge in [-0.2, -0.15) is 0 Å². The lowest BCUT2D eigenvalue weighted by molar-refractivity contribution is 0.0697. The van der Waals surface area contributed by atoms with Crippen molar-refractivity contribution >= 4 is 11.5 Å². The summed E-state index contributed by atoms with van der Waals surface area (Å²) in [5.41, 5.74) is 2.88. The Morgan fingerprint density at radius 2 is 2.00 bits per heavy atom. The fourth-order valence-corrected chi connectivity index (χ4v) is 2.25. The number of aromatic carboxylic acids is 1. The molecule has 0 spiro atoms. The minimum absolute atomic E-state index is 0.354. The second-order valence-electron chi connectivity index (χ2n) is 4.37. The van der Waals surface area contributed by atoms with Crippen molar-refractivity contribution in [2.75, 3.05) is 0 Å².